The van der Waals surface area contributed by atoms with Crippen LogP contribution >= 0.6 is 0 Å². The van der Waals surface area contributed by atoms with Crippen molar-refractivity contribution in [3.8, 4) is 0 Å². The standard InChI is InChI=1S/C15H15N3O3/c1-9-8-13(18-21-9)17-15(20)11-4-2-10(3-5-11)14(19)16-12-6-7-12/h2-5,8,12H,6-7H2,1H3,(H,16,19)(H,17,18,20). The number of hydrogen-bond donors (Lipinski definition) is 2. The highest BCUT2D eigenvalue weighted by molar-refractivity contribution is 6.04. The molecule has 0 atom stereocenters. The van der Waals surface area contributed by atoms with E-state index in [0.717, 1.165) is 12.8 Å². The van der Waals surface area contributed by atoms with Gasteiger partial charge in [-0.1, -0.05) is 5.16 Å². The molecule has 2 N–H and O–H groups in total. The number of nitrogens with one attached hydrogen (secondary N) is 2. The monoisotopic (exact) mass is 285 g/mol. The molecule has 1 aliphatic carbocycles. The first-order chi connectivity index (χ1) is 10.1. The molecule has 6 heteroatoms. The summed E-state index contributed by atoms with van der Waals surface area (Å²) < 4.78 is 4.88. The van der Waals surface area contributed by atoms with Crippen LogP contribution in [0, 0.1) is 6.92 Å². The number of rotatable bonds is 4. The average molecular weight is 285 g/mol. The fraction of sp³-hybridized carbons (Fsp3) is 0.267. The number of hydrogen-bond acceptors (Lipinski definition) is 4. The van der Waals surface area contributed by atoms with Crippen LogP contribution in [0.1, 0.15) is 39.3 Å². The van der Waals surface area contributed by atoms with Crippen molar-refractivity contribution in [1.82, 2.24) is 10.5 Å². The number of amides is 2. The molecule has 6 nitrogen and oxygen atoms in total. The van der Waals surface area contributed by atoms with E-state index in [1.54, 1.807) is 37.3 Å². The van der Waals surface area contributed by atoms with Gasteiger partial charge >= 0.3 is 0 Å². The van der Waals surface area contributed by atoms with E-state index in [1.807, 2.05) is 0 Å². The Balaban J connectivity index is 1.65. The fourth-order valence-corrected chi connectivity index (χ4v) is 1.88. The summed E-state index contributed by atoms with van der Waals surface area (Å²) in [7, 11) is 0. The molecule has 2 amide bonds. The molecule has 3 rings (SSSR count). The first-order valence-electron chi connectivity index (χ1n) is 6.77. The number of nitrogens with zero attached hydrogens (tertiary/aromatic N) is 1. The molecule has 0 bridgehead atoms. The van der Waals surface area contributed by atoms with Crippen LogP contribution in [0.3, 0.4) is 0 Å². The minimum absolute atomic E-state index is 0.100. The van der Waals surface area contributed by atoms with E-state index in [9.17, 15) is 9.59 Å². The number of aromatic nitrogens is 1. The number of carbonyl (C=O) groups excluding carboxylic acids is 2. The second-order valence-corrected chi connectivity index (χ2v) is 5.10. The molecule has 1 aliphatic rings. The van der Waals surface area contributed by atoms with Crippen LogP contribution in [0.4, 0.5) is 5.82 Å². The van der Waals surface area contributed by atoms with Crippen molar-refractivity contribution in [2.45, 2.75) is 25.8 Å². The lowest BCUT2D eigenvalue weighted by Gasteiger charge is -2.05. The molecule has 0 unspecified atom stereocenters. The maximum atomic E-state index is 12.0. The van der Waals surface area contributed by atoms with Gasteiger partial charge in [0.15, 0.2) is 5.82 Å². The van der Waals surface area contributed by atoms with Crippen LogP contribution in [-0.4, -0.2) is 23.0 Å². The van der Waals surface area contributed by atoms with E-state index in [4.69, 9.17) is 4.52 Å². The third-order valence-corrected chi connectivity index (χ3v) is 3.19. The van der Waals surface area contributed by atoms with Crippen molar-refractivity contribution in [1.29, 1.82) is 0 Å². The molecular weight excluding hydrogens is 270 g/mol. The van der Waals surface area contributed by atoms with Gasteiger partial charge in [0.2, 0.25) is 0 Å². The third kappa shape index (κ3) is 3.28. The zero-order chi connectivity index (χ0) is 14.8. The minimum atomic E-state index is -0.294. The predicted octanol–water partition coefficient (Wildman–Crippen LogP) is 2.13. The van der Waals surface area contributed by atoms with E-state index in [-0.39, 0.29) is 11.8 Å². The molecule has 0 saturated heterocycles. The minimum Gasteiger partial charge on any atom is -0.360 e. The van der Waals surface area contributed by atoms with Crippen LogP contribution in [0.5, 0.6) is 0 Å². The Hall–Kier alpha value is -2.63. The van der Waals surface area contributed by atoms with Crippen LogP contribution < -0.4 is 10.6 Å². The lowest BCUT2D eigenvalue weighted by atomic mass is 10.1. The Morgan fingerprint density at radius 2 is 1.76 bits per heavy atom. The van der Waals surface area contributed by atoms with Crippen molar-refractivity contribution in [2.75, 3.05) is 5.32 Å². The van der Waals surface area contributed by atoms with Gasteiger partial charge in [0.25, 0.3) is 11.8 Å². The van der Waals surface area contributed by atoms with Gasteiger partial charge in [0.1, 0.15) is 5.76 Å². The summed E-state index contributed by atoms with van der Waals surface area (Å²) in [6.45, 7) is 1.75. The highest BCUT2D eigenvalue weighted by Gasteiger charge is 2.23. The summed E-state index contributed by atoms with van der Waals surface area (Å²) >= 11 is 0. The van der Waals surface area contributed by atoms with Gasteiger partial charge in [-0.05, 0) is 44.0 Å². The van der Waals surface area contributed by atoms with Gasteiger partial charge < -0.3 is 15.2 Å². The summed E-state index contributed by atoms with van der Waals surface area (Å²) in [6, 6.07) is 8.46. The summed E-state index contributed by atoms with van der Waals surface area (Å²) in [5.74, 6) is 0.597. The zero-order valence-corrected chi connectivity index (χ0v) is 11.6. The molecule has 0 radical (unpaired) electrons. The lowest BCUT2D eigenvalue weighted by molar-refractivity contribution is 0.0949. The molecule has 21 heavy (non-hydrogen) atoms. The van der Waals surface area contributed by atoms with Gasteiger partial charge in [-0.2, -0.15) is 0 Å². The molecule has 2 aromatic rings. The Labute approximate surface area is 121 Å². The summed E-state index contributed by atoms with van der Waals surface area (Å²) in [6.07, 6.45) is 2.09. The van der Waals surface area contributed by atoms with E-state index < -0.39 is 0 Å². The molecule has 1 aromatic heterocycles. The molecule has 1 heterocycles. The quantitative estimate of drug-likeness (QED) is 0.901. The van der Waals surface area contributed by atoms with Crippen LogP contribution in [-0.2, 0) is 0 Å². The number of benzene rings is 1. The largest absolute Gasteiger partial charge is 0.360 e. The molecule has 0 spiro atoms. The number of carbonyl (C=O) groups is 2. The van der Waals surface area contributed by atoms with Crippen molar-refractivity contribution in [3.05, 3.63) is 47.2 Å². The second kappa shape index (κ2) is 5.40. The molecule has 0 aliphatic heterocycles. The van der Waals surface area contributed by atoms with Crippen molar-refractivity contribution in [2.24, 2.45) is 0 Å². The smallest absolute Gasteiger partial charge is 0.256 e. The van der Waals surface area contributed by atoms with Crippen LogP contribution in [0.25, 0.3) is 0 Å². The summed E-state index contributed by atoms with van der Waals surface area (Å²) in [4.78, 5) is 23.8. The van der Waals surface area contributed by atoms with Gasteiger partial charge in [-0.15, -0.1) is 0 Å². The maximum absolute atomic E-state index is 12.0. The van der Waals surface area contributed by atoms with Crippen molar-refractivity contribution in [3.63, 3.8) is 0 Å². The first kappa shape index (κ1) is 13.4. The SMILES string of the molecule is Cc1cc(NC(=O)c2ccc(C(=O)NC3CC3)cc2)no1. The molecular formula is C15H15N3O3. The summed E-state index contributed by atoms with van der Waals surface area (Å²) in [5, 5.41) is 9.22. The fourth-order valence-electron chi connectivity index (χ4n) is 1.88. The van der Waals surface area contributed by atoms with Gasteiger partial charge in [0.05, 0.1) is 0 Å². The molecule has 1 saturated carbocycles. The van der Waals surface area contributed by atoms with Crippen LogP contribution in [0.2, 0.25) is 0 Å². The Morgan fingerprint density at radius 1 is 1.14 bits per heavy atom. The summed E-state index contributed by atoms with van der Waals surface area (Å²) in [5.41, 5.74) is 1.01. The molecule has 1 aromatic carbocycles. The number of aryl methyl sites for hydroxylation is 1. The van der Waals surface area contributed by atoms with Gasteiger partial charge in [0, 0.05) is 23.2 Å². The highest BCUT2D eigenvalue weighted by atomic mass is 16.5. The van der Waals surface area contributed by atoms with Crippen LogP contribution in [0.15, 0.2) is 34.9 Å². The van der Waals surface area contributed by atoms with E-state index in [1.165, 1.54) is 0 Å². The van der Waals surface area contributed by atoms with Gasteiger partial charge in [-0.3, -0.25) is 9.59 Å². The van der Waals surface area contributed by atoms with Crippen molar-refractivity contribution < 1.29 is 14.1 Å². The predicted molar refractivity (Wildman–Crippen MR) is 76.1 cm³/mol. The van der Waals surface area contributed by atoms with E-state index in [2.05, 4.69) is 15.8 Å². The lowest BCUT2D eigenvalue weighted by Crippen LogP contribution is -2.25. The molecule has 108 valence electrons. The average Bonchev–Trinajstić information content (AvgIpc) is 3.20. The van der Waals surface area contributed by atoms with E-state index >= 15 is 0 Å². The third-order valence-electron chi connectivity index (χ3n) is 3.19. The Kier molecular flexibility index (Phi) is 3.43. The topological polar surface area (TPSA) is 84.2 Å². The van der Waals surface area contributed by atoms with E-state index in [0.29, 0.717) is 28.7 Å². The zero-order valence-electron chi connectivity index (χ0n) is 11.6. The maximum Gasteiger partial charge on any atom is 0.256 e. The normalized spacial score (nSPS) is 13.8. The number of anilines is 1. The molecule has 1 fully saturated rings. The Morgan fingerprint density at radius 3 is 2.29 bits per heavy atom. The van der Waals surface area contributed by atoms with Crippen molar-refractivity contribution >= 4 is 17.6 Å². The first-order valence-corrected chi connectivity index (χ1v) is 6.77. The highest BCUT2D eigenvalue weighted by Crippen LogP contribution is 2.19. The van der Waals surface area contributed by atoms with Gasteiger partial charge in [-0.25, -0.2) is 0 Å². The Bertz CT molecular complexity index is 672. The second-order valence-electron chi connectivity index (χ2n) is 5.10.